The Hall–Kier alpha value is -1.06. The van der Waals surface area contributed by atoms with Gasteiger partial charge in [0.2, 0.25) is 5.91 Å². The van der Waals surface area contributed by atoms with Crippen LogP contribution in [0.2, 0.25) is 0 Å². The predicted molar refractivity (Wildman–Crippen MR) is 75.7 cm³/mol. The van der Waals surface area contributed by atoms with Crippen molar-refractivity contribution in [2.75, 3.05) is 25.2 Å². The summed E-state index contributed by atoms with van der Waals surface area (Å²) in [6.07, 6.45) is 2.53. The number of halogens is 1. The van der Waals surface area contributed by atoms with Crippen molar-refractivity contribution in [3.05, 3.63) is 29.3 Å². The normalized spacial score (nSPS) is 21.6. The zero-order valence-corrected chi connectivity index (χ0v) is 11.8. The van der Waals surface area contributed by atoms with E-state index >= 15 is 0 Å². The number of amides is 1. The van der Waals surface area contributed by atoms with Crippen LogP contribution in [-0.4, -0.2) is 26.2 Å². The van der Waals surface area contributed by atoms with E-state index in [9.17, 15) is 4.79 Å². The van der Waals surface area contributed by atoms with E-state index in [0.29, 0.717) is 12.3 Å². The van der Waals surface area contributed by atoms with Crippen LogP contribution >= 0.6 is 11.6 Å². The molecule has 2 aliphatic rings. The molecule has 102 valence electrons. The lowest BCUT2D eigenvalue weighted by Crippen LogP contribution is -2.20. The number of hydrogen-bond donors (Lipinski definition) is 0. The Balaban J connectivity index is 1.82. The molecule has 3 rings (SSSR count). The number of nitrogens with zero attached hydrogens (tertiary/aromatic N) is 1. The first-order valence-corrected chi connectivity index (χ1v) is 7.21. The lowest BCUT2D eigenvalue weighted by atomic mass is 9.91. The first-order valence-electron chi connectivity index (χ1n) is 6.78. The Morgan fingerprint density at radius 1 is 1.37 bits per heavy atom. The van der Waals surface area contributed by atoms with Crippen molar-refractivity contribution in [1.82, 2.24) is 0 Å². The largest absolute Gasteiger partial charge is 0.381 e. The van der Waals surface area contributed by atoms with E-state index in [1.54, 1.807) is 4.90 Å². The Labute approximate surface area is 118 Å². The van der Waals surface area contributed by atoms with Crippen molar-refractivity contribution in [2.45, 2.75) is 24.6 Å². The predicted octanol–water partition coefficient (Wildman–Crippen LogP) is 2.91. The second-order valence-corrected chi connectivity index (χ2v) is 5.84. The molecule has 0 spiro atoms. The number of rotatable bonds is 2. The third-order valence-electron chi connectivity index (χ3n) is 4.18. The molecule has 1 aromatic carbocycles. The minimum atomic E-state index is 0.0233. The van der Waals surface area contributed by atoms with Crippen LogP contribution in [0, 0.1) is 5.92 Å². The third kappa shape index (κ3) is 2.37. The van der Waals surface area contributed by atoms with Gasteiger partial charge in [-0.15, -0.1) is 11.6 Å². The van der Waals surface area contributed by atoms with E-state index in [2.05, 4.69) is 12.1 Å². The maximum Gasteiger partial charge on any atom is 0.231 e. The SMILES string of the molecule is CN1C(=O)Cc2cc(C(Cl)C3CCOCC3)ccc21. The molecule has 4 heteroatoms. The van der Waals surface area contributed by atoms with Crippen LogP contribution in [0.4, 0.5) is 5.69 Å². The third-order valence-corrected chi connectivity index (χ3v) is 4.79. The zero-order chi connectivity index (χ0) is 13.4. The van der Waals surface area contributed by atoms with Crippen LogP contribution in [0.25, 0.3) is 0 Å². The van der Waals surface area contributed by atoms with Gasteiger partial charge in [-0.05, 0) is 36.0 Å². The number of hydrogen-bond acceptors (Lipinski definition) is 2. The summed E-state index contributed by atoms with van der Waals surface area (Å²) in [6.45, 7) is 1.61. The molecule has 0 aromatic heterocycles. The summed E-state index contributed by atoms with van der Waals surface area (Å²) in [4.78, 5) is 13.4. The number of anilines is 1. The molecule has 2 heterocycles. The molecule has 1 amide bonds. The van der Waals surface area contributed by atoms with Crippen molar-refractivity contribution < 1.29 is 9.53 Å². The summed E-state index contributed by atoms with van der Waals surface area (Å²) in [5.74, 6) is 0.632. The maximum atomic E-state index is 11.7. The average Bonchev–Trinajstić information content (AvgIpc) is 2.74. The molecule has 0 bridgehead atoms. The van der Waals surface area contributed by atoms with Crippen LogP contribution in [0.15, 0.2) is 18.2 Å². The Bertz CT molecular complexity index is 497. The molecule has 1 atom stereocenters. The number of ether oxygens (including phenoxy) is 1. The topological polar surface area (TPSA) is 29.5 Å². The molecule has 1 saturated heterocycles. The van der Waals surface area contributed by atoms with Crippen LogP contribution < -0.4 is 4.90 Å². The number of carbonyl (C=O) groups is 1. The quantitative estimate of drug-likeness (QED) is 0.779. The second-order valence-electron chi connectivity index (χ2n) is 5.37. The highest BCUT2D eigenvalue weighted by Crippen LogP contribution is 2.38. The zero-order valence-electron chi connectivity index (χ0n) is 11.1. The van der Waals surface area contributed by atoms with Crippen LogP contribution in [-0.2, 0) is 16.0 Å². The standard InChI is InChI=1S/C15H18ClNO2/c1-17-13-3-2-11(8-12(13)9-14(17)18)15(16)10-4-6-19-7-5-10/h2-3,8,10,15H,4-7,9H2,1H3. The van der Waals surface area contributed by atoms with E-state index in [1.807, 2.05) is 13.1 Å². The van der Waals surface area contributed by atoms with Crippen molar-refractivity contribution in [3.63, 3.8) is 0 Å². The molecule has 3 nitrogen and oxygen atoms in total. The lowest BCUT2D eigenvalue weighted by molar-refractivity contribution is -0.117. The molecule has 1 unspecified atom stereocenters. The number of fused-ring (bicyclic) bond motifs is 1. The highest BCUT2D eigenvalue weighted by atomic mass is 35.5. The van der Waals surface area contributed by atoms with Crippen molar-refractivity contribution in [3.8, 4) is 0 Å². The summed E-state index contributed by atoms with van der Waals surface area (Å²) in [5.41, 5.74) is 3.25. The summed E-state index contributed by atoms with van der Waals surface area (Å²) < 4.78 is 5.38. The first-order chi connectivity index (χ1) is 9.16. The molecule has 19 heavy (non-hydrogen) atoms. The second kappa shape index (κ2) is 5.14. The van der Waals surface area contributed by atoms with Gasteiger partial charge >= 0.3 is 0 Å². The van der Waals surface area contributed by atoms with Crippen LogP contribution in [0.5, 0.6) is 0 Å². The van der Waals surface area contributed by atoms with Crippen LogP contribution in [0.1, 0.15) is 29.3 Å². The Kier molecular flexibility index (Phi) is 3.50. The maximum absolute atomic E-state index is 11.7. The van der Waals surface area contributed by atoms with E-state index < -0.39 is 0 Å². The fourth-order valence-electron chi connectivity index (χ4n) is 2.94. The summed E-state index contributed by atoms with van der Waals surface area (Å²) in [7, 11) is 1.82. The molecule has 1 aromatic rings. The summed E-state index contributed by atoms with van der Waals surface area (Å²) >= 11 is 6.61. The molecular weight excluding hydrogens is 262 g/mol. The number of alkyl halides is 1. The smallest absolute Gasteiger partial charge is 0.231 e. The van der Waals surface area contributed by atoms with Gasteiger partial charge in [0.25, 0.3) is 0 Å². The van der Waals surface area contributed by atoms with E-state index in [1.165, 1.54) is 0 Å². The molecular formula is C15H18ClNO2. The van der Waals surface area contributed by atoms with Gasteiger partial charge in [-0.1, -0.05) is 12.1 Å². The van der Waals surface area contributed by atoms with Gasteiger partial charge in [0.15, 0.2) is 0 Å². The van der Waals surface area contributed by atoms with E-state index in [4.69, 9.17) is 16.3 Å². The van der Waals surface area contributed by atoms with Crippen LogP contribution in [0.3, 0.4) is 0 Å². The van der Waals surface area contributed by atoms with Gasteiger partial charge in [-0.2, -0.15) is 0 Å². The average molecular weight is 280 g/mol. The molecule has 0 N–H and O–H groups in total. The lowest BCUT2D eigenvalue weighted by Gasteiger charge is -2.26. The van der Waals surface area contributed by atoms with Crippen molar-refractivity contribution in [1.29, 1.82) is 0 Å². The van der Waals surface area contributed by atoms with E-state index in [0.717, 1.165) is 42.9 Å². The number of likely N-dealkylation sites (N-methyl/N-ethyl adjacent to an activating group) is 1. The van der Waals surface area contributed by atoms with Gasteiger partial charge < -0.3 is 9.64 Å². The van der Waals surface area contributed by atoms with Gasteiger partial charge in [-0.3, -0.25) is 4.79 Å². The minimum absolute atomic E-state index is 0.0233. The monoisotopic (exact) mass is 279 g/mol. The molecule has 0 saturated carbocycles. The minimum Gasteiger partial charge on any atom is -0.381 e. The van der Waals surface area contributed by atoms with E-state index in [-0.39, 0.29) is 11.3 Å². The first kappa shape index (κ1) is 12.9. The Morgan fingerprint density at radius 3 is 2.84 bits per heavy atom. The fraction of sp³-hybridized carbons (Fsp3) is 0.533. The van der Waals surface area contributed by atoms with Gasteiger partial charge in [0, 0.05) is 25.9 Å². The fourth-order valence-corrected chi connectivity index (χ4v) is 3.33. The molecule has 0 aliphatic carbocycles. The summed E-state index contributed by atoms with van der Waals surface area (Å²) in [6, 6.07) is 6.18. The van der Waals surface area contributed by atoms with Crippen molar-refractivity contribution >= 4 is 23.2 Å². The highest BCUT2D eigenvalue weighted by Gasteiger charge is 2.27. The molecule has 0 radical (unpaired) electrons. The Morgan fingerprint density at radius 2 is 2.11 bits per heavy atom. The summed E-state index contributed by atoms with van der Waals surface area (Å²) in [5, 5.41) is 0.0233. The number of benzene rings is 1. The van der Waals surface area contributed by atoms with Gasteiger partial charge in [-0.25, -0.2) is 0 Å². The molecule has 2 aliphatic heterocycles. The highest BCUT2D eigenvalue weighted by molar-refractivity contribution is 6.21. The van der Waals surface area contributed by atoms with Crippen molar-refractivity contribution in [2.24, 2.45) is 5.92 Å². The number of carbonyl (C=O) groups excluding carboxylic acids is 1. The molecule has 1 fully saturated rings. The van der Waals surface area contributed by atoms with Gasteiger partial charge in [0.05, 0.1) is 11.8 Å². The van der Waals surface area contributed by atoms with Gasteiger partial charge in [0.1, 0.15) is 0 Å².